The number of carboxylic acid groups (broad SMARTS) is 1. The summed E-state index contributed by atoms with van der Waals surface area (Å²) in [5.41, 5.74) is 5.32. The van der Waals surface area contributed by atoms with Gasteiger partial charge in [-0.1, -0.05) is 18.2 Å². The lowest BCUT2D eigenvalue weighted by Gasteiger charge is -2.13. The van der Waals surface area contributed by atoms with Gasteiger partial charge in [-0.15, -0.1) is 0 Å². The number of rotatable bonds is 8. The molecule has 0 fully saturated rings. The molecule has 2 heterocycles. The van der Waals surface area contributed by atoms with Gasteiger partial charge in [0.25, 0.3) is 0 Å². The van der Waals surface area contributed by atoms with Gasteiger partial charge in [-0.2, -0.15) is 5.10 Å². The van der Waals surface area contributed by atoms with E-state index in [-0.39, 0.29) is 5.56 Å². The van der Waals surface area contributed by atoms with E-state index >= 15 is 0 Å². The van der Waals surface area contributed by atoms with Crippen molar-refractivity contribution in [2.75, 3.05) is 19.5 Å². The van der Waals surface area contributed by atoms with Gasteiger partial charge in [-0.3, -0.25) is 0 Å². The van der Waals surface area contributed by atoms with Gasteiger partial charge in [-0.05, 0) is 42.8 Å². The van der Waals surface area contributed by atoms with E-state index in [9.17, 15) is 9.90 Å². The second-order valence-corrected chi connectivity index (χ2v) is 8.44. The SMILES string of the molecule is COc1ccc(CNc2ncnc3c(-c4cnn(-c5cc(C(=O)O)ccc5C)c4)cccc23)c(OC)c1. The molecule has 2 aromatic heterocycles. The summed E-state index contributed by atoms with van der Waals surface area (Å²) in [4.78, 5) is 20.5. The van der Waals surface area contributed by atoms with Crippen LogP contribution in [0.25, 0.3) is 27.7 Å². The summed E-state index contributed by atoms with van der Waals surface area (Å²) in [7, 11) is 3.25. The zero-order valence-electron chi connectivity index (χ0n) is 20.6. The Morgan fingerprint density at radius 3 is 2.70 bits per heavy atom. The van der Waals surface area contributed by atoms with Crippen LogP contribution in [0.15, 0.2) is 73.3 Å². The molecule has 0 radical (unpaired) electrons. The van der Waals surface area contributed by atoms with E-state index < -0.39 is 5.97 Å². The molecule has 0 saturated carbocycles. The van der Waals surface area contributed by atoms with Gasteiger partial charge in [-0.25, -0.2) is 19.4 Å². The quantitative estimate of drug-likeness (QED) is 0.305. The molecule has 0 atom stereocenters. The number of anilines is 1. The molecular weight excluding hydrogens is 470 g/mol. The molecule has 186 valence electrons. The summed E-state index contributed by atoms with van der Waals surface area (Å²) in [6.45, 7) is 2.42. The maximum atomic E-state index is 11.4. The molecule has 0 amide bonds. The Morgan fingerprint density at radius 1 is 1.05 bits per heavy atom. The number of aromatic nitrogens is 4. The Morgan fingerprint density at radius 2 is 1.92 bits per heavy atom. The van der Waals surface area contributed by atoms with Crippen LogP contribution in [0.1, 0.15) is 21.5 Å². The van der Waals surface area contributed by atoms with Gasteiger partial charge in [0, 0.05) is 40.9 Å². The van der Waals surface area contributed by atoms with Gasteiger partial charge in [0.2, 0.25) is 0 Å². The molecule has 0 aliphatic carbocycles. The van der Waals surface area contributed by atoms with Crippen LogP contribution in [0.4, 0.5) is 5.82 Å². The molecule has 0 bridgehead atoms. The van der Waals surface area contributed by atoms with Crippen molar-refractivity contribution < 1.29 is 19.4 Å². The molecule has 0 aliphatic rings. The fourth-order valence-corrected chi connectivity index (χ4v) is 4.22. The lowest BCUT2D eigenvalue weighted by molar-refractivity contribution is 0.0697. The van der Waals surface area contributed by atoms with Crippen LogP contribution in [0.3, 0.4) is 0 Å². The van der Waals surface area contributed by atoms with E-state index in [1.807, 2.05) is 49.5 Å². The molecule has 5 aromatic rings. The second kappa shape index (κ2) is 9.98. The van der Waals surface area contributed by atoms with Crippen LogP contribution in [0.2, 0.25) is 0 Å². The third-order valence-corrected chi connectivity index (χ3v) is 6.20. The number of carbonyl (C=O) groups is 1. The predicted molar refractivity (Wildman–Crippen MR) is 141 cm³/mol. The Hall–Kier alpha value is -4.92. The smallest absolute Gasteiger partial charge is 0.335 e. The molecule has 9 heteroatoms. The highest BCUT2D eigenvalue weighted by Gasteiger charge is 2.14. The number of benzene rings is 3. The molecule has 0 spiro atoms. The van der Waals surface area contributed by atoms with Gasteiger partial charge in [0.15, 0.2) is 0 Å². The van der Waals surface area contributed by atoms with Crippen LogP contribution in [0, 0.1) is 6.92 Å². The van der Waals surface area contributed by atoms with E-state index in [1.165, 1.54) is 6.33 Å². The first-order valence-corrected chi connectivity index (χ1v) is 11.6. The number of hydrogen-bond acceptors (Lipinski definition) is 7. The third-order valence-electron chi connectivity index (χ3n) is 6.20. The van der Waals surface area contributed by atoms with Crippen LogP contribution >= 0.6 is 0 Å². The van der Waals surface area contributed by atoms with Crippen molar-refractivity contribution in [2.45, 2.75) is 13.5 Å². The van der Waals surface area contributed by atoms with Crippen molar-refractivity contribution in [2.24, 2.45) is 0 Å². The van der Waals surface area contributed by atoms with E-state index in [0.717, 1.165) is 44.7 Å². The Balaban J connectivity index is 1.47. The number of nitrogens with one attached hydrogen (secondary N) is 1. The fraction of sp³-hybridized carbons (Fsp3) is 0.143. The van der Waals surface area contributed by atoms with Crippen molar-refractivity contribution in [3.63, 3.8) is 0 Å². The van der Waals surface area contributed by atoms with E-state index in [2.05, 4.69) is 20.4 Å². The highest BCUT2D eigenvalue weighted by Crippen LogP contribution is 2.31. The normalized spacial score (nSPS) is 10.9. The molecule has 5 rings (SSSR count). The summed E-state index contributed by atoms with van der Waals surface area (Å²) in [6.07, 6.45) is 5.16. The van der Waals surface area contributed by atoms with Gasteiger partial charge in [0.05, 0.1) is 37.2 Å². The lowest BCUT2D eigenvalue weighted by Crippen LogP contribution is -2.04. The number of ether oxygens (including phenoxy) is 2. The summed E-state index contributed by atoms with van der Waals surface area (Å²) in [5, 5.41) is 18.2. The van der Waals surface area contributed by atoms with Gasteiger partial charge < -0.3 is 19.9 Å². The predicted octanol–water partition coefficient (Wildman–Crippen LogP) is 5.12. The molecule has 2 N–H and O–H groups in total. The minimum Gasteiger partial charge on any atom is -0.497 e. The average molecular weight is 496 g/mol. The van der Waals surface area contributed by atoms with Gasteiger partial charge >= 0.3 is 5.97 Å². The zero-order valence-corrected chi connectivity index (χ0v) is 20.6. The zero-order chi connectivity index (χ0) is 25.9. The Kier molecular flexibility index (Phi) is 6.42. The molecule has 0 saturated heterocycles. The highest BCUT2D eigenvalue weighted by atomic mass is 16.5. The number of fused-ring (bicyclic) bond motifs is 1. The Labute approximate surface area is 213 Å². The van der Waals surface area contributed by atoms with Crippen LogP contribution in [-0.4, -0.2) is 45.0 Å². The molecule has 0 unspecified atom stereocenters. The van der Waals surface area contributed by atoms with Crippen molar-refractivity contribution >= 4 is 22.7 Å². The van der Waals surface area contributed by atoms with E-state index in [0.29, 0.717) is 18.1 Å². The number of aromatic carboxylic acids is 1. The topological polar surface area (TPSA) is 111 Å². The average Bonchev–Trinajstić information content (AvgIpc) is 3.41. The van der Waals surface area contributed by atoms with Crippen LogP contribution < -0.4 is 14.8 Å². The maximum absolute atomic E-state index is 11.4. The highest BCUT2D eigenvalue weighted by molar-refractivity contribution is 5.98. The van der Waals surface area contributed by atoms with Crippen LogP contribution in [-0.2, 0) is 6.54 Å². The maximum Gasteiger partial charge on any atom is 0.335 e. The number of hydrogen-bond donors (Lipinski definition) is 2. The van der Waals surface area contributed by atoms with Crippen molar-refractivity contribution in [3.8, 4) is 28.3 Å². The number of carboxylic acids is 1. The minimum absolute atomic E-state index is 0.208. The first kappa shape index (κ1) is 23.8. The number of methoxy groups -OCH3 is 2. The Bertz CT molecular complexity index is 1610. The molecule has 0 aliphatic heterocycles. The first-order valence-electron chi connectivity index (χ1n) is 11.6. The summed E-state index contributed by atoms with van der Waals surface area (Å²) >= 11 is 0. The van der Waals surface area contributed by atoms with Crippen molar-refractivity contribution in [1.29, 1.82) is 0 Å². The molecule has 9 nitrogen and oxygen atoms in total. The van der Waals surface area contributed by atoms with Gasteiger partial charge in [0.1, 0.15) is 23.6 Å². The largest absolute Gasteiger partial charge is 0.497 e. The standard InChI is InChI=1S/C28H25N5O4/c1-17-7-8-18(28(34)35)11-24(17)33-15-20(14-32-33)22-5-4-6-23-26(22)30-16-31-27(23)29-13-19-9-10-21(36-2)12-25(19)37-3/h4-12,14-16H,13H2,1-3H3,(H,34,35)(H,29,30,31). The minimum atomic E-state index is -0.980. The molecule has 37 heavy (non-hydrogen) atoms. The number of nitrogens with zero attached hydrogens (tertiary/aromatic N) is 4. The third kappa shape index (κ3) is 4.66. The van der Waals surface area contributed by atoms with E-state index in [1.54, 1.807) is 43.3 Å². The summed E-state index contributed by atoms with van der Waals surface area (Å²) in [6, 6.07) is 16.6. The van der Waals surface area contributed by atoms with Crippen molar-refractivity contribution in [1.82, 2.24) is 19.7 Å². The fourth-order valence-electron chi connectivity index (χ4n) is 4.22. The summed E-state index contributed by atoms with van der Waals surface area (Å²) in [5.74, 6) is 1.16. The second-order valence-electron chi connectivity index (χ2n) is 8.44. The molecular formula is C28H25N5O4. The van der Waals surface area contributed by atoms with Crippen LogP contribution in [0.5, 0.6) is 11.5 Å². The lowest BCUT2D eigenvalue weighted by atomic mass is 10.1. The molecule has 3 aromatic carbocycles. The first-order chi connectivity index (χ1) is 18.0. The number of aryl methyl sites for hydroxylation is 1. The number of para-hydroxylation sites is 1. The van der Waals surface area contributed by atoms with E-state index in [4.69, 9.17) is 9.47 Å². The summed E-state index contributed by atoms with van der Waals surface area (Å²) < 4.78 is 12.5. The monoisotopic (exact) mass is 495 g/mol. The van der Waals surface area contributed by atoms with Crippen molar-refractivity contribution in [3.05, 3.63) is 90.0 Å².